The number of aromatic nitrogens is 3. The molecule has 0 N–H and O–H groups in total. The van der Waals surface area contributed by atoms with Crippen LogP contribution in [0, 0.1) is 5.92 Å². The highest BCUT2D eigenvalue weighted by molar-refractivity contribution is 5.93. The molecule has 3 heterocycles. The Bertz CT molecular complexity index is 680. The molecule has 2 aromatic rings. The number of carbonyl (C=O) groups excluding carboxylic acids is 1. The number of carbonyl (C=O) groups is 1. The van der Waals surface area contributed by atoms with Gasteiger partial charge in [-0.3, -0.25) is 4.79 Å². The van der Waals surface area contributed by atoms with E-state index in [0.29, 0.717) is 31.1 Å². The van der Waals surface area contributed by atoms with Crippen molar-refractivity contribution in [1.29, 1.82) is 0 Å². The van der Waals surface area contributed by atoms with Gasteiger partial charge in [0.15, 0.2) is 5.65 Å². The number of hydrogen-bond donors (Lipinski definition) is 0. The van der Waals surface area contributed by atoms with Gasteiger partial charge in [0.2, 0.25) is 0 Å². The molecule has 4 rings (SSSR count). The van der Waals surface area contributed by atoms with Crippen molar-refractivity contribution in [3.8, 4) is 0 Å². The van der Waals surface area contributed by atoms with Gasteiger partial charge in [0.25, 0.3) is 5.91 Å². The number of rotatable bonds is 3. The first kappa shape index (κ1) is 13.7. The second-order valence-electron chi connectivity index (χ2n) is 6.19. The number of fused-ring (bicyclic) bond motifs is 1. The van der Waals surface area contributed by atoms with Crippen LogP contribution in [0.3, 0.4) is 0 Å². The van der Waals surface area contributed by atoms with Crippen molar-refractivity contribution in [2.45, 2.75) is 31.7 Å². The van der Waals surface area contributed by atoms with Crippen LogP contribution in [0.4, 0.5) is 0 Å². The van der Waals surface area contributed by atoms with Gasteiger partial charge in [-0.25, -0.2) is 9.50 Å². The zero-order valence-corrected chi connectivity index (χ0v) is 12.5. The van der Waals surface area contributed by atoms with E-state index in [2.05, 4.69) is 10.1 Å². The summed E-state index contributed by atoms with van der Waals surface area (Å²) in [5.74, 6) is 0.785. The van der Waals surface area contributed by atoms with Crippen LogP contribution < -0.4 is 0 Å². The molecule has 0 radical (unpaired) electrons. The van der Waals surface area contributed by atoms with Crippen LogP contribution >= 0.6 is 0 Å². The predicted molar refractivity (Wildman–Crippen MR) is 80.6 cm³/mol. The van der Waals surface area contributed by atoms with E-state index in [9.17, 15) is 4.79 Å². The molecule has 1 saturated carbocycles. The van der Waals surface area contributed by atoms with Gasteiger partial charge < -0.3 is 9.64 Å². The summed E-state index contributed by atoms with van der Waals surface area (Å²) in [5, 5.41) is 4.22. The van der Waals surface area contributed by atoms with Crippen LogP contribution in [0.5, 0.6) is 0 Å². The number of amides is 1. The van der Waals surface area contributed by atoms with Crippen molar-refractivity contribution in [2.75, 3.05) is 19.8 Å². The van der Waals surface area contributed by atoms with Crippen molar-refractivity contribution >= 4 is 11.6 Å². The molecule has 2 aliphatic rings. The molecule has 6 nitrogen and oxygen atoms in total. The molecule has 1 saturated heterocycles. The third kappa shape index (κ3) is 2.37. The van der Waals surface area contributed by atoms with Crippen molar-refractivity contribution in [3.05, 3.63) is 30.2 Å². The molecule has 0 bridgehead atoms. The minimum atomic E-state index is 0.0312. The average Bonchev–Trinajstić information content (AvgIpc) is 2.99. The highest BCUT2D eigenvalue weighted by Gasteiger charge is 2.32. The van der Waals surface area contributed by atoms with E-state index in [4.69, 9.17) is 4.74 Å². The molecule has 2 fully saturated rings. The van der Waals surface area contributed by atoms with Crippen LogP contribution in [0.25, 0.3) is 5.65 Å². The van der Waals surface area contributed by atoms with E-state index in [-0.39, 0.29) is 11.9 Å². The van der Waals surface area contributed by atoms with Crippen LogP contribution in [-0.4, -0.2) is 51.2 Å². The van der Waals surface area contributed by atoms with Crippen LogP contribution in [0.15, 0.2) is 24.5 Å². The van der Waals surface area contributed by atoms with E-state index >= 15 is 0 Å². The highest BCUT2D eigenvalue weighted by atomic mass is 16.5. The lowest BCUT2D eigenvalue weighted by Crippen LogP contribution is -2.50. The van der Waals surface area contributed by atoms with Crippen LogP contribution in [0.1, 0.15) is 36.2 Å². The SMILES string of the molecule is O=C(c1ccnc2ccnn12)N1CCOCC1CC1CCC1. The Hall–Kier alpha value is -1.95. The lowest BCUT2D eigenvalue weighted by atomic mass is 9.80. The monoisotopic (exact) mass is 300 g/mol. The predicted octanol–water partition coefficient (Wildman–Crippen LogP) is 1.76. The van der Waals surface area contributed by atoms with E-state index < -0.39 is 0 Å². The van der Waals surface area contributed by atoms with Gasteiger partial charge >= 0.3 is 0 Å². The van der Waals surface area contributed by atoms with Crippen molar-refractivity contribution in [2.24, 2.45) is 5.92 Å². The van der Waals surface area contributed by atoms with E-state index in [1.54, 1.807) is 23.0 Å². The summed E-state index contributed by atoms with van der Waals surface area (Å²) in [6, 6.07) is 3.74. The summed E-state index contributed by atoms with van der Waals surface area (Å²) in [6.45, 7) is 1.91. The molecule has 2 aromatic heterocycles. The summed E-state index contributed by atoms with van der Waals surface area (Å²) in [5.41, 5.74) is 1.28. The van der Waals surface area contributed by atoms with E-state index in [1.807, 2.05) is 11.0 Å². The first-order valence-electron chi connectivity index (χ1n) is 8.00. The summed E-state index contributed by atoms with van der Waals surface area (Å²) >= 11 is 0. The second kappa shape index (κ2) is 5.68. The third-order valence-corrected chi connectivity index (χ3v) is 4.83. The smallest absolute Gasteiger partial charge is 0.273 e. The zero-order valence-electron chi connectivity index (χ0n) is 12.5. The molecule has 1 aliphatic heterocycles. The zero-order chi connectivity index (χ0) is 14.9. The molecule has 1 atom stereocenters. The van der Waals surface area contributed by atoms with Gasteiger partial charge in [-0.1, -0.05) is 19.3 Å². The number of nitrogens with zero attached hydrogens (tertiary/aromatic N) is 4. The Morgan fingerprint density at radius 1 is 1.32 bits per heavy atom. The minimum Gasteiger partial charge on any atom is -0.377 e. The third-order valence-electron chi connectivity index (χ3n) is 4.83. The Kier molecular flexibility index (Phi) is 3.54. The fourth-order valence-corrected chi connectivity index (χ4v) is 3.37. The fourth-order valence-electron chi connectivity index (χ4n) is 3.37. The summed E-state index contributed by atoms with van der Waals surface area (Å²) in [6.07, 6.45) is 8.30. The summed E-state index contributed by atoms with van der Waals surface area (Å²) < 4.78 is 7.23. The first-order chi connectivity index (χ1) is 10.8. The normalized spacial score (nSPS) is 22.7. The van der Waals surface area contributed by atoms with Gasteiger partial charge in [0.05, 0.1) is 25.5 Å². The summed E-state index contributed by atoms with van der Waals surface area (Å²) in [7, 11) is 0. The quantitative estimate of drug-likeness (QED) is 0.866. The lowest BCUT2D eigenvalue weighted by Gasteiger charge is -2.39. The minimum absolute atomic E-state index is 0.0312. The second-order valence-corrected chi connectivity index (χ2v) is 6.19. The Balaban J connectivity index is 1.60. The molecule has 1 aliphatic carbocycles. The topological polar surface area (TPSA) is 59.7 Å². The van der Waals surface area contributed by atoms with Crippen molar-refractivity contribution < 1.29 is 9.53 Å². The Morgan fingerprint density at radius 2 is 2.23 bits per heavy atom. The molecule has 0 aromatic carbocycles. The van der Waals surface area contributed by atoms with Gasteiger partial charge in [0.1, 0.15) is 5.69 Å². The van der Waals surface area contributed by atoms with Gasteiger partial charge in [-0.2, -0.15) is 5.10 Å². The fraction of sp³-hybridized carbons (Fsp3) is 0.562. The van der Waals surface area contributed by atoms with E-state index in [1.165, 1.54) is 19.3 Å². The lowest BCUT2D eigenvalue weighted by molar-refractivity contribution is -0.0128. The van der Waals surface area contributed by atoms with Gasteiger partial charge in [0, 0.05) is 18.8 Å². The molecule has 1 unspecified atom stereocenters. The number of ether oxygens (including phenoxy) is 1. The largest absolute Gasteiger partial charge is 0.377 e. The standard InChI is InChI=1S/C16H20N4O2/c21-16(14-4-6-17-15-5-7-18-20(14)15)19-8-9-22-11-13(19)10-12-2-1-3-12/h4-7,12-13H,1-3,8-11H2. The molecular weight excluding hydrogens is 280 g/mol. The number of hydrogen-bond acceptors (Lipinski definition) is 4. The van der Waals surface area contributed by atoms with Crippen molar-refractivity contribution in [1.82, 2.24) is 19.5 Å². The van der Waals surface area contributed by atoms with Crippen LogP contribution in [0.2, 0.25) is 0 Å². The molecule has 1 amide bonds. The maximum absolute atomic E-state index is 13.0. The maximum Gasteiger partial charge on any atom is 0.273 e. The Labute approximate surface area is 129 Å². The molecule has 0 spiro atoms. The molecule has 6 heteroatoms. The summed E-state index contributed by atoms with van der Waals surface area (Å²) in [4.78, 5) is 19.2. The molecule has 22 heavy (non-hydrogen) atoms. The average molecular weight is 300 g/mol. The van der Waals surface area contributed by atoms with Crippen LogP contribution in [-0.2, 0) is 4.74 Å². The van der Waals surface area contributed by atoms with E-state index in [0.717, 1.165) is 12.3 Å². The van der Waals surface area contributed by atoms with Gasteiger partial charge in [-0.15, -0.1) is 0 Å². The molecular formula is C16H20N4O2. The first-order valence-corrected chi connectivity index (χ1v) is 8.00. The van der Waals surface area contributed by atoms with Crippen molar-refractivity contribution in [3.63, 3.8) is 0 Å². The Morgan fingerprint density at radius 3 is 3.05 bits per heavy atom. The number of morpholine rings is 1. The van der Waals surface area contributed by atoms with Gasteiger partial charge in [-0.05, 0) is 18.4 Å². The maximum atomic E-state index is 13.0. The highest BCUT2D eigenvalue weighted by Crippen LogP contribution is 2.32. The molecule has 116 valence electrons.